The van der Waals surface area contributed by atoms with Crippen LogP contribution in [-0.2, 0) is 27.9 Å². The molecule has 0 saturated heterocycles. The lowest BCUT2D eigenvalue weighted by atomic mass is 10.2. The quantitative estimate of drug-likeness (QED) is 0.859. The maximum atomic E-state index is 12.1. The molecule has 1 heterocycles. The first-order chi connectivity index (χ1) is 10.1. The number of hydrogen-bond acceptors (Lipinski definition) is 4. The van der Waals surface area contributed by atoms with Crippen molar-refractivity contribution >= 4 is 10.0 Å². The summed E-state index contributed by atoms with van der Waals surface area (Å²) in [6.45, 7) is 0.769. The minimum Gasteiger partial charge on any atom is -0.493 e. The zero-order chi connectivity index (χ0) is 14.7. The van der Waals surface area contributed by atoms with Gasteiger partial charge >= 0.3 is 0 Å². The predicted octanol–water partition coefficient (Wildman–Crippen LogP) is 2.03. The molecule has 21 heavy (non-hydrogen) atoms. The normalized spacial score (nSPS) is 13.7. The minimum atomic E-state index is -3.68. The minimum absolute atomic E-state index is 0.175. The Kier molecular flexibility index (Phi) is 3.92. The molecule has 0 aromatic heterocycles. The second-order valence-electron chi connectivity index (χ2n) is 4.73. The van der Waals surface area contributed by atoms with Crippen LogP contribution < -0.4 is 9.62 Å². The van der Waals surface area contributed by atoms with Gasteiger partial charge in [-0.2, -0.15) is 0 Å². The first kappa shape index (κ1) is 14.1. The Bertz CT molecular complexity index is 729. The number of rotatable bonds is 5. The monoisotopic (exact) mass is 305 g/mol. The number of fused-ring (bicyclic) bond motifs is 1. The Labute approximate surface area is 123 Å². The summed E-state index contributed by atoms with van der Waals surface area (Å²) in [6.07, 6.45) is 0.726. The highest BCUT2D eigenvalue weighted by Crippen LogP contribution is 2.27. The van der Waals surface area contributed by atoms with Crippen molar-refractivity contribution in [1.82, 2.24) is 4.89 Å². The van der Waals surface area contributed by atoms with Gasteiger partial charge in [0.2, 0.25) is 0 Å². The highest BCUT2D eigenvalue weighted by atomic mass is 32.2. The zero-order valence-electron chi connectivity index (χ0n) is 11.3. The fourth-order valence-electron chi connectivity index (χ4n) is 2.14. The van der Waals surface area contributed by atoms with Crippen molar-refractivity contribution < 1.29 is 18.0 Å². The summed E-state index contributed by atoms with van der Waals surface area (Å²) in [5.41, 5.74) is 1.79. The standard InChI is InChI=1S/C15H15NO4S/c17-21(18,16-20-11-12-4-2-1-3-5-12)14-6-7-15-13(10-14)8-9-19-15/h1-7,10,16H,8-9,11H2. The van der Waals surface area contributed by atoms with Crippen molar-refractivity contribution in [2.75, 3.05) is 6.61 Å². The van der Waals surface area contributed by atoms with Crippen LogP contribution in [0.4, 0.5) is 0 Å². The molecule has 0 bridgehead atoms. The van der Waals surface area contributed by atoms with E-state index in [-0.39, 0.29) is 11.5 Å². The van der Waals surface area contributed by atoms with E-state index in [1.165, 1.54) is 6.07 Å². The summed E-state index contributed by atoms with van der Waals surface area (Å²) in [6, 6.07) is 14.2. The highest BCUT2D eigenvalue weighted by molar-refractivity contribution is 7.89. The Balaban J connectivity index is 1.67. The molecule has 0 saturated carbocycles. The van der Waals surface area contributed by atoms with Crippen LogP contribution in [0.1, 0.15) is 11.1 Å². The fourth-order valence-corrected chi connectivity index (χ4v) is 3.00. The van der Waals surface area contributed by atoms with Gasteiger partial charge in [0.1, 0.15) is 5.75 Å². The van der Waals surface area contributed by atoms with E-state index in [9.17, 15) is 8.42 Å². The molecule has 0 radical (unpaired) electrons. The van der Waals surface area contributed by atoms with Crippen molar-refractivity contribution in [3.63, 3.8) is 0 Å². The van der Waals surface area contributed by atoms with E-state index in [4.69, 9.17) is 9.57 Å². The van der Waals surface area contributed by atoms with Gasteiger partial charge in [-0.25, -0.2) is 8.42 Å². The van der Waals surface area contributed by atoms with Gasteiger partial charge in [-0.05, 0) is 29.3 Å². The van der Waals surface area contributed by atoms with E-state index in [0.717, 1.165) is 23.3 Å². The van der Waals surface area contributed by atoms with Crippen LogP contribution >= 0.6 is 0 Å². The van der Waals surface area contributed by atoms with Crippen LogP contribution in [0.15, 0.2) is 53.4 Å². The Morgan fingerprint density at radius 1 is 1.14 bits per heavy atom. The van der Waals surface area contributed by atoms with Crippen molar-refractivity contribution in [1.29, 1.82) is 0 Å². The first-order valence-corrected chi connectivity index (χ1v) is 8.07. The molecule has 1 N–H and O–H groups in total. The van der Waals surface area contributed by atoms with Crippen LogP contribution in [0.3, 0.4) is 0 Å². The molecule has 3 rings (SSSR count). The number of ether oxygens (including phenoxy) is 1. The van der Waals surface area contributed by atoms with E-state index in [1.54, 1.807) is 12.1 Å². The summed E-state index contributed by atoms with van der Waals surface area (Å²) >= 11 is 0. The molecule has 5 nitrogen and oxygen atoms in total. The van der Waals surface area contributed by atoms with Gasteiger partial charge in [0.15, 0.2) is 0 Å². The molecule has 6 heteroatoms. The summed E-state index contributed by atoms with van der Waals surface area (Å²) < 4.78 is 29.6. The lowest BCUT2D eigenvalue weighted by molar-refractivity contribution is 0.0795. The molecular formula is C15H15NO4S. The smallest absolute Gasteiger partial charge is 0.262 e. The predicted molar refractivity (Wildman–Crippen MR) is 77.2 cm³/mol. The van der Waals surface area contributed by atoms with Crippen LogP contribution in [0, 0.1) is 0 Å². The Hall–Kier alpha value is -1.89. The lowest BCUT2D eigenvalue weighted by Crippen LogP contribution is -2.24. The SMILES string of the molecule is O=S(=O)(NOCc1ccccc1)c1ccc2c(c1)CCO2. The molecule has 2 aromatic rings. The second-order valence-corrected chi connectivity index (χ2v) is 6.37. The summed E-state index contributed by atoms with van der Waals surface area (Å²) in [7, 11) is -3.68. The van der Waals surface area contributed by atoms with Crippen molar-refractivity contribution in [2.45, 2.75) is 17.9 Å². The maximum Gasteiger partial charge on any atom is 0.262 e. The van der Waals surface area contributed by atoms with E-state index >= 15 is 0 Å². The van der Waals surface area contributed by atoms with Gasteiger partial charge in [-0.15, -0.1) is 0 Å². The number of benzene rings is 2. The molecule has 0 spiro atoms. The number of nitrogens with one attached hydrogen (secondary N) is 1. The average molecular weight is 305 g/mol. The van der Waals surface area contributed by atoms with Crippen molar-refractivity contribution in [3.8, 4) is 5.75 Å². The molecule has 0 aliphatic carbocycles. The lowest BCUT2D eigenvalue weighted by Gasteiger charge is -2.08. The van der Waals surface area contributed by atoms with Gasteiger partial charge in [0.05, 0.1) is 18.1 Å². The summed E-state index contributed by atoms with van der Waals surface area (Å²) in [4.78, 5) is 7.42. The molecule has 2 aromatic carbocycles. The Morgan fingerprint density at radius 2 is 1.95 bits per heavy atom. The van der Waals surface area contributed by atoms with E-state index < -0.39 is 10.0 Å². The molecule has 0 fully saturated rings. The largest absolute Gasteiger partial charge is 0.493 e. The van der Waals surface area contributed by atoms with Crippen LogP contribution in [-0.4, -0.2) is 15.0 Å². The van der Waals surface area contributed by atoms with Gasteiger partial charge < -0.3 is 4.74 Å². The summed E-state index contributed by atoms with van der Waals surface area (Å²) in [5, 5.41) is 0. The van der Waals surface area contributed by atoms with E-state index in [0.29, 0.717) is 6.61 Å². The molecule has 0 amide bonds. The van der Waals surface area contributed by atoms with Crippen LogP contribution in [0.25, 0.3) is 0 Å². The van der Waals surface area contributed by atoms with Crippen molar-refractivity contribution in [2.24, 2.45) is 0 Å². The van der Waals surface area contributed by atoms with Gasteiger partial charge in [-0.3, -0.25) is 4.84 Å². The van der Waals surface area contributed by atoms with Crippen LogP contribution in [0.2, 0.25) is 0 Å². The number of hydrogen-bond donors (Lipinski definition) is 1. The molecule has 1 aliphatic rings. The topological polar surface area (TPSA) is 64.6 Å². The fraction of sp³-hybridized carbons (Fsp3) is 0.200. The molecule has 110 valence electrons. The zero-order valence-corrected chi connectivity index (χ0v) is 12.1. The second kappa shape index (κ2) is 5.85. The average Bonchev–Trinajstić information content (AvgIpc) is 2.95. The molecule has 0 atom stereocenters. The van der Waals surface area contributed by atoms with Gasteiger partial charge in [0.25, 0.3) is 10.0 Å². The van der Waals surface area contributed by atoms with Crippen LogP contribution in [0.5, 0.6) is 5.75 Å². The van der Waals surface area contributed by atoms with E-state index in [1.807, 2.05) is 30.3 Å². The maximum absolute atomic E-state index is 12.1. The third-order valence-corrected chi connectivity index (χ3v) is 4.43. The third kappa shape index (κ3) is 3.24. The molecular weight excluding hydrogens is 290 g/mol. The van der Waals surface area contributed by atoms with Gasteiger partial charge in [0, 0.05) is 6.42 Å². The molecule has 1 aliphatic heterocycles. The highest BCUT2D eigenvalue weighted by Gasteiger charge is 2.19. The number of sulfonamides is 1. The van der Waals surface area contributed by atoms with Gasteiger partial charge in [-0.1, -0.05) is 35.2 Å². The Morgan fingerprint density at radius 3 is 2.76 bits per heavy atom. The third-order valence-electron chi connectivity index (χ3n) is 3.22. The summed E-state index contributed by atoms with van der Waals surface area (Å²) in [5.74, 6) is 0.749. The van der Waals surface area contributed by atoms with Crippen molar-refractivity contribution in [3.05, 3.63) is 59.7 Å². The first-order valence-electron chi connectivity index (χ1n) is 6.58. The molecule has 0 unspecified atom stereocenters. The van der Waals surface area contributed by atoms with E-state index in [2.05, 4.69) is 4.89 Å².